The minimum atomic E-state index is 0.0470. The smallest absolute Gasteiger partial charge is 0.228 e. The number of amidine groups is 1. The van der Waals surface area contributed by atoms with Gasteiger partial charge in [0.25, 0.3) is 0 Å². The normalized spacial score (nSPS) is 17.9. The van der Waals surface area contributed by atoms with E-state index in [1.807, 2.05) is 30.3 Å². The summed E-state index contributed by atoms with van der Waals surface area (Å²) in [5, 5.41) is 8.11. The van der Waals surface area contributed by atoms with Gasteiger partial charge in [0.05, 0.1) is 18.7 Å². The molecule has 0 unspecified atom stereocenters. The lowest BCUT2D eigenvalue weighted by atomic mass is 10.1. The summed E-state index contributed by atoms with van der Waals surface area (Å²) in [5.74, 6) is 0.792. The van der Waals surface area contributed by atoms with Gasteiger partial charge in [-0.3, -0.25) is 20.2 Å². The lowest BCUT2D eigenvalue weighted by Crippen LogP contribution is -2.25. The molecule has 2 aliphatic rings. The maximum atomic E-state index is 11.4. The molecule has 0 aliphatic carbocycles. The number of benzene rings is 1. The Bertz CT molecular complexity index is 847. The van der Waals surface area contributed by atoms with Gasteiger partial charge in [-0.1, -0.05) is 23.9 Å². The molecule has 24 heavy (non-hydrogen) atoms. The number of anilines is 1. The number of aromatic nitrogens is 1. The highest BCUT2D eigenvalue weighted by atomic mass is 32.2. The Morgan fingerprint density at radius 3 is 2.88 bits per heavy atom. The number of pyridine rings is 1. The largest absolute Gasteiger partial charge is 0.326 e. The molecule has 0 radical (unpaired) electrons. The molecule has 2 aliphatic heterocycles. The van der Waals surface area contributed by atoms with E-state index in [-0.39, 0.29) is 5.91 Å². The van der Waals surface area contributed by atoms with E-state index >= 15 is 0 Å². The fourth-order valence-electron chi connectivity index (χ4n) is 2.59. The molecule has 120 valence electrons. The van der Waals surface area contributed by atoms with Gasteiger partial charge in [0.15, 0.2) is 5.17 Å². The first-order chi connectivity index (χ1) is 11.8. The minimum absolute atomic E-state index is 0.0470. The van der Waals surface area contributed by atoms with Crippen LogP contribution in [0.25, 0.3) is 0 Å². The number of nitrogens with one attached hydrogen (secondary N) is 2. The van der Waals surface area contributed by atoms with Gasteiger partial charge < -0.3 is 5.32 Å². The molecule has 2 aromatic rings. The Labute approximate surface area is 143 Å². The van der Waals surface area contributed by atoms with Crippen LogP contribution in [0.3, 0.4) is 0 Å². The van der Waals surface area contributed by atoms with Crippen LogP contribution >= 0.6 is 11.8 Å². The van der Waals surface area contributed by atoms with Crippen molar-refractivity contribution in [3.63, 3.8) is 0 Å². The Morgan fingerprint density at radius 1 is 1.21 bits per heavy atom. The van der Waals surface area contributed by atoms with Gasteiger partial charge in [0, 0.05) is 29.4 Å². The molecule has 3 heterocycles. The molecule has 0 saturated carbocycles. The van der Waals surface area contributed by atoms with Crippen LogP contribution in [0.4, 0.5) is 5.69 Å². The second kappa shape index (κ2) is 6.45. The van der Waals surface area contributed by atoms with E-state index in [0.717, 1.165) is 39.0 Å². The van der Waals surface area contributed by atoms with Crippen LogP contribution in [0.2, 0.25) is 0 Å². The summed E-state index contributed by atoms with van der Waals surface area (Å²) in [7, 11) is 0. The summed E-state index contributed by atoms with van der Waals surface area (Å²) in [6, 6.07) is 9.89. The predicted molar refractivity (Wildman–Crippen MR) is 96.3 cm³/mol. The van der Waals surface area contributed by atoms with Crippen molar-refractivity contribution in [2.75, 3.05) is 11.1 Å². The third-order valence-corrected chi connectivity index (χ3v) is 4.77. The number of rotatable bonds is 3. The second-order valence-corrected chi connectivity index (χ2v) is 6.50. The van der Waals surface area contributed by atoms with E-state index in [0.29, 0.717) is 13.0 Å². The van der Waals surface area contributed by atoms with Gasteiger partial charge in [0.2, 0.25) is 5.91 Å². The van der Waals surface area contributed by atoms with Gasteiger partial charge >= 0.3 is 0 Å². The van der Waals surface area contributed by atoms with E-state index in [1.54, 1.807) is 24.2 Å². The van der Waals surface area contributed by atoms with Crippen LogP contribution in [0.5, 0.6) is 0 Å². The molecule has 0 fully saturated rings. The van der Waals surface area contributed by atoms with Crippen molar-refractivity contribution in [1.82, 2.24) is 10.4 Å². The Morgan fingerprint density at radius 2 is 2.08 bits per heavy atom. The standard InChI is InChI=1S/C17H15N5OS/c23-16-8-13-2-1-12(7-14(13)20-16)15-10-24-17(22-21-15)19-9-11-3-5-18-6-4-11/h1-7H,8-10H2,(H,19,22)(H,20,23). The summed E-state index contributed by atoms with van der Waals surface area (Å²) in [4.78, 5) is 20.0. The number of nitrogens with zero attached hydrogens (tertiary/aromatic N) is 3. The minimum Gasteiger partial charge on any atom is -0.326 e. The van der Waals surface area contributed by atoms with Crippen LogP contribution in [0.1, 0.15) is 16.7 Å². The van der Waals surface area contributed by atoms with Crippen LogP contribution in [-0.2, 0) is 17.8 Å². The number of hydrogen-bond acceptors (Lipinski definition) is 5. The van der Waals surface area contributed by atoms with Gasteiger partial charge in [-0.05, 0) is 29.3 Å². The van der Waals surface area contributed by atoms with Gasteiger partial charge in [0.1, 0.15) is 0 Å². The molecule has 7 heteroatoms. The van der Waals surface area contributed by atoms with E-state index in [4.69, 9.17) is 0 Å². The second-order valence-electron chi connectivity index (χ2n) is 5.53. The maximum Gasteiger partial charge on any atom is 0.228 e. The third-order valence-electron chi connectivity index (χ3n) is 3.85. The molecule has 4 rings (SSSR count). The van der Waals surface area contributed by atoms with Crippen molar-refractivity contribution in [1.29, 1.82) is 0 Å². The lowest BCUT2D eigenvalue weighted by Gasteiger charge is -2.15. The van der Waals surface area contributed by atoms with Gasteiger partial charge in [-0.25, -0.2) is 0 Å². The van der Waals surface area contributed by atoms with Crippen LogP contribution in [0, 0.1) is 0 Å². The van der Waals surface area contributed by atoms with E-state index in [1.165, 1.54) is 0 Å². The summed E-state index contributed by atoms with van der Waals surface area (Å²) < 4.78 is 0. The van der Waals surface area contributed by atoms with E-state index < -0.39 is 0 Å². The average molecular weight is 337 g/mol. The number of fused-ring (bicyclic) bond motifs is 1. The molecule has 2 N–H and O–H groups in total. The summed E-state index contributed by atoms with van der Waals surface area (Å²) in [6.45, 7) is 0.605. The zero-order valence-electron chi connectivity index (χ0n) is 12.8. The molecule has 6 nitrogen and oxygen atoms in total. The number of hydrogen-bond donors (Lipinski definition) is 2. The number of aliphatic imine (C=N–C) groups is 1. The predicted octanol–water partition coefficient (Wildman–Crippen LogP) is 2.17. The zero-order valence-corrected chi connectivity index (χ0v) is 13.6. The number of thioether (sulfide) groups is 1. The van der Waals surface area contributed by atoms with E-state index in [9.17, 15) is 4.79 Å². The van der Waals surface area contributed by atoms with Crippen LogP contribution in [0.15, 0.2) is 52.8 Å². The van der Waals surface area contributed by atoms with Crippen molar-refractivity contribution >= 4 is 34.2 Å². The van der Waals surface area contributed by atoms with Crippen molar-refractivity contribution in [3.05, 3.63) is 59.4 Å². The molecule has 1 aromatic carbocycles. The SMILES string of the molecule is O=C1Cc2ccc(C3=NNC(=NCc4ccncc4)SC3)cc2N1. The van der Waals surface area contributed by atoms with Gasteiger partial charge in [-0.15, -0.1) is 0 Å². The molecule has 0 atom stereocenters. The zero-order chi connectivity index (χ0) is 16.4. The highest BCUT2D eigenvalue weighted by molar-refractivity contribution is 8.14. The number of hydrazone groups is 1. The molecule has 0 spiro atoms. The molecule has 1 amide bonds. The third kappa shape index (κ3) is 3.16. The van der Waals surface area contributed by atoms with Crippen LogP contribution in [-0.4, -0.2) is 27.5 Å². The number of amides is 1. The van der Waals surface area contributed by atoms with Crippen molar-refractivity contribution < 1.29 is 4.79 Å². The van der Waals surface area contributed by atoms with Crippen LogP contribution < -0.4 is 10.7 Å². The molecule has 0 saturated heterocycles. The summed E-state index contributed by atoms with van der Waals surface area (Å²) in [5.41, 5.74) is 8.03. The fourth-order valence-corrected chi connectivity index (χ4v) is 3.36. The van der Waals surface area contributed by atoms with Gasteiger partial charge in [-0.2, -0.15) is 5.10 Å². The Hall–Kier alpha value is -2.67. The monoisotopic (exact) mass is 337 g/mol. The number of carbonyl (C=O) groups excluding carboxylic acids is 1. The fraction of sp³-hybridized carbons (Fsp3) is 0.176. The van der Waals surface area contributed by atoms with Crippen molar-refractivity contribution in [2.24, 2.45) is 10.1 Å². The highest BCUT2D eigenvalue weighted by Gasteiger charge is 2.20. The summed E-state index contributed by atoms with van der Waals surface area (Å²) >= 11 is 1.62. The van der Waals surface area contributed by atoms with Crippen molar-refractivity contribution in [2.45, 2.75) is 13.0 Å². The summed E-state index contributed by atoms with van der Waals surface area (Å²) in [6.07, 6.45) is 3.99. The van der Waals surface area contributed by atoms with E-state index in [2.05, 4.69) is 25.8 Å². The Balaban J connectivity index is 1.45. The maximum absolute atomic E-state index is 11.4. The first kappa shape index (κ1) is 14.9. The average Bonchev–Trinajstić information content (AvgIpc) is 3.00. The molecular weight excluding hydrogens is 322 g/mol. The first-order valence-corrected chi connectivity index (χ1v) is 8.58. The first-order valence-electron chi connectivity index (χ1n) is 7.60. The number of carbonyl (C=O) groups is 1. The lowest BCUT2D eigenvalue weighted by molar-refractivity contribution is -0.115. The molecule has 1 aromatic heterocycles. The highest BCUT2D eigenvalue weighted by Crippen LogP contribution is 2.25. The van der Waals surface area contributed by atoms with Crippen molar-refractivity contribution in [3.8, 4) is 0 Å². The topological polar surface area (TPSA) is 78.7 Å². The molecule has 0 bridgehead atoms. The molecular formula is C17H15N5OS. The Kier molecular flexibility index (Phi) is 4.00. The quantitative estimate of drug-likeness (QED) is 0.900.